The average molecular weight is 479 g/mol. The van der Waals surface area contributed by atoms with E-state index in [1.54, 1.807) is 12.3 Å². The Kier molecular flexibility index (Phi) is 5.50. The highest BCUT2D eigenvalue weighted by Crippen LogP contribution is 2.32. The number of benzene rings is 1. The number of imidazole rings is 1. The lowest BCUT2D eigenvalue weighted by Gasteiger charge is -2.29. The number of rotatable bonds is 4. The molecule has 2 aliphatic rings. The summed E-state index contributed by atoms with van der Waals surface area (Å²) < 4.78 is 37.2. The summed E-state index contributed by atoms with van der Waals surface area (Å²) in [7, 11) is 0. The van der Waals surface area contributed by atoms with Crippen LogP contribution in [0, 0.1) is 11.6 Å². The molecule has 180 valence electrons. The maximum Gasteiger partial charge on any atom is 0.229 e. The summed E-state index contributed by atoms with van der Waals surface area (Å²) in [5.41, 5.74) is 2.16. The molecular formula is C24H24F2N8O. The molecule has 0 radical (unpaired) electrons. The minimum absolute atomic E-state index is 0.00370. The van der Waals surface area contributed by atoms with Gasteiger partial charge in [-0.05, 0) is 31.2 Å². The van der Waals surface area contributed by atoms with Gasteiger partial charge in [0.1, 0.15) is 29.5 Å². The van der Waals surface area contributed by atoms with Crippen molar-refractivity contribution in [1.82, 2.24) is 29.8 Å². The number of ether oxygens (including phenoxy) is 1. The molecule has 0 bridgehead atoms. The van der Waals surface area contributed by atoms with E-state index in [0.717, 1.165) is 38.1 Å². The first-order valence-corrected chi connectivity index (χ1v) is 11.6. The molecule has 5 heterocycles. The van der Waals surface area contributed by atoms with Crippen molar-refractivity contribution in [3.8, 4) is 11.3 Å². The highest BCUT2D eigenvalue weighted by molar-refractivity contribution is 5.83. The molecule has 4 aromatic rings. The van der Waals surface area contributed by atoms with E-state index in [2.05, 4.69) is 35.5 Å². The van der Waals surface area contributed by atoms with Crippen LogP contribution in [0.3, 0.4) is 0 Å². The second-order valence-electron chi connectivity index (χ2n) is 8.74. The van der Waals surface area contributed by atoms with Gasteiger partial charge in [-0.1, -0.05) is 0 Å². The predicted molar refractivity (Wildman–Crippen MR) is 128 cm³/mol. The van der Waals surface area contributed by atoms with Crippen LogP contribution >= 0.6 is 0 Å². The number of halogens is 2. The van der Waals surface area contributed by atoms with Crippen molar-refractivity contribution in [3.63, 3.8) is 0 Å². The standard InChI is InChI=1S/C24H24F2N8O/c1-14-12-35-13-21-31-23-17(25)8-15(9-19(23)34(14)21)22-18(26)11-29-24(32-22)30-20-3-2-16(10-28-20)33-6-4-27-5-7-33/h2-3,8-11,14,27H,4-7,12-13H2,1H3,(H,28,29,30,32). The van der Waals surface area contributed by atoms with Gasteiger partial charge < -0.3 is 24.8 Å². The Morgan fingerprint density at radius 1 is 1.06 bits per heavy atom. The number of hydrogen-bond donors (Lipinski definition) is 2. The maximum atomic E-state index is 15.0. The summed E-state index contributed by atoms with van der Waals surface area (Å²) in [4.78, 5) is 19.5. The third-order valence-electron chi connectivity index (χ3n) is 6.34. The molecule has 0 saturated carbocycles. The lowest BCUT2D eigenvalue weighted by atomic mass is 10.1. The molecule has 2 aliphatic heterocycles. The van der Waals surface area contributed by atoms with Crippen LogP contribution in [-0.4, -0.2) is 57.3 Å². The van der Waals surface area contributed by atoms with Gasteiger partial charge >= 0.3 is 0 Å². The number of hydrogen-bond acceptors (Lipinski definition) is 8. The molecule has 11 heteroatoms. The fourth-order valence-electron chi connectivity index (χ4n) is 4.64. The summed E-state index contributed by atoms with van der Waals surface area (Å²) in [5, 5.41) is 6.34. The number of nitrogens with one attached hydrogen (secondary N) is 2. The zero-order valence-corrected chi connectivity index (χ0v) is 19.1. The Bertz CT molecular complexity index is 1380. The minimum Gasteiger partial charge on any atom is -0.371 e. The molecule has 3 aromatic heterocycles. The Morgan fingerprint density at radius 2 is 1.91 bits per heavy atom. The maximum absolute atomic E-state index is 15.0. The van der Waals surface area contributed by atoms with E-state index in [4.69, 9.17) is 4.74 Å². The zero-order chi connectivity index (χ0) is 23.9. The second kappa shape index (κ2) is 8.82. The van der Waals surface area contributed by atoms with E-state index >= 15 is 4.39 Å². The van der Waals surface area contributed by atoms with Crippen molar-refractivity contribution in [2.75, 3.05) is 43.0 Å². The third-order valence-corrected chi connectivity index (χ3v) is 6.34. The van der Waals surface area contributed by atoms with Crippen LogP contribution in [0.1, 0.15) is 18.8 Å². The van der Waals surface area contributed by atoms with Crippen LogP contribution in [0.4, 0.5) is 26.2 Å². The van der Waals surface area contributed by atoms with E-state index in [0.29, 0.717) is 35.9 Å². The molecule has 1 saturated heterocycles. The van der Waals surface area contributed by atoms with Gasteiger partial charge in [-0.2, -0.15) is 0 Å². The normalized spacial score (nSPS) is 18.0. The van der Waals surface area contributed by atoms with Gasteiger partial charge in [0.15, 0.2) is 11.6 Å². The first-order valence-electron chi connectivity index (χ1n) is 11.6. The number of piperazine rings is 1. The molecule has 35 heavy (non-hydrogen) atoms. The molecule has 2 N–H and O–H groups in total. The fraction of sp³-hybridized carbons (Fsp3) is 0.333. The van der Waals surface area contributed by atoms with Crippen LogP contribution in [0.5, 0.6) is 0 Å². The summed E-state index contributed by atoms with van der Waals surface area (Å²) >= 11 is 0. The molecule has 6 rings (SSSR count). The van der Waals surface area contributed by atoms with E-state index in [1.807, 2.05) is 23.6 Å². The van der Waals surface area contributed by atoms with Crippen molar-refractivity contribution in [3.05, 3.63) is 54.1 Å². The first kappa shape index (κ1) is 21.8. The number of nitrogens with zero attached hydrogens (tertiary/aromatic N) is 6. The number of aromatic nitrogens is 5. The molecule has 0 amide bonds. The fourth-order valence-corrected chi connectivity index (χ4v) is 4.64. The van der Waals surface area contributed by atoms with Crippen molar-refractivity contribution >= 4 is 28.5 Å². The van der Waals surface area contributed by atoms with Gasteiger partial charge in [-0.25, -0.2) is 28.7 Å². The topological polar surface area (TPSA) is 93.0 Å². The van der Waals surface area contributed by atoms with Crippen molar-refractivity contribution in [2.45, 2.75) is 19.6 Å². The van der Waals surface area contributed by atoms with Crippen LogP contribution in [-0.2, 0) is 11.3 Å². The van der Waals surface area contributed by atoms with Crippen molar-refractivity contribution < 1.29 is 13.5 Å². The van der Waals surface area contributed by atoms with Crippen LogP contribution < -0.4 is 15.5 Å². The SMILES string of the molecule is CC1COCc2nc3c(F)cc(-c4nc(Nc5ccc(N6CCNCC6)cn5)ncc4F)cc3n21. The number of anilines is 3. The smallest absolute Gasteiger partial charge is 0.229 e. The second-order valence-corrected chi connectivity index (χ2v) is 8.74. The number of pyridine rings is 1. The molecular weight excluding hydrogens is 454 g/mol. The quantitative estimate of drug-likeness (QED) is 0.461. The minimum atomic E-state index is -0.647. The monoisotopic (exact) mass is 478 g/mol. The van der Waals surface area contributed by atoms with Crippen molar-refractivity contribution in [2.24, 2.45) is 0 Å². The van der Waals surface area contributed by atoms with Crippen LogP contribution in [0.25, 0.3) is 22.3 Å². The van der Waals surface area contributed by atoms with Gasteiger partial charge in [0.25, 0.3) is 0 Å². The number of fused-ring (bicyclic) bond motifs is 3. The summed E-state index contributed by atoms with van der Waals surface area (Å²) in [6.07, 6.45) is 2.86. The third kappa shape index (κ3) is 4.06. The lowest BCUT2D eigenvalue weighted by Crippen LogP contribution is -2.43. The average Bonchev–Trinajstić information content (AvgIpc) is 3.27. The Labute approximate surface area is 200 Å². The van der Waals surface area contributed by atoms with Crippen LogP contribution in [0.2, 0.25) is 0 Å². The zero-order valence-electron chi connectivity index (χ0n) is 19.1. The summed E-state index contributed by atoms with van der Waals surface area (Å²) in [6.45, 7) is 6.51. The lowest BCUT2D eigenvalue weighted by molar-refractivity contribution is 0.0621. The van der Waals surface area contributed by atoms with Crippen molar-refractivity contribution in [1.29, 1.82) is 0 Å². The summed E-state index contributed by atoms with van der Waals surface area (Å²) in [5.74, 6) is 0.161. The van der Waals surface area contributed by atoms with Gasteiger partial charge in [-0.15, -0.1) is 0 Å². The first-order chi connectivity index (χ1) is 17.1. The Balaban J connectivity index is 1.31. The molecule has 0 aliphatic carbocycles. The van der Waals surface area contributed by atoms with Gasteiger partial charge in [0.05, 0.1) is 36.2 Å². The molecule has 1 aromatic carbocycles. The Morgan fingerprint density at radius 3 is 2.71 bits per heavy atom. The Hall–Kier alpha value is -3.70. The van der Waals surface area contributed by atoms with Gasteiger partial charge in [0, 0.05) is 31.7 Å². The van der Waals surface area contributed by atoms with Gasteiger partial charge in [-0.3, -0.25) is 0 Å². The molecule has 1 atom stereocenters. The van der Waals surface area contributed by atoms with E-state index in [9.17, 15) is 4.39 Å². The van der Waals surface area contributed by atoms with Gasteiger partial charge in [0.2, 0.25) is 5.95 Å². The summed E-state index contributed by atoms with van der Waals surface area (Å²) in [6, 6.07) is 6.76. The molecule has 9 nitrogen and oxygen atoms in total. The van der Waals surface area contributed by atoms with E-state index in [-0.39, 0.29) is 23.2 Å². The molecule has 1 fully saturated rings. The van der Waals surface area contributed by atoms with E-state index < -0.39 is 11.6 Å². The highest BCUT2D eigenvalue weighted by atomic mass is 19.1. The molecule has 1 unspecified atom stereocenters. The highest BCUT2D eigenvalue weighted by Gasteiger charge is 2.24. The van der Waals surface area contributed by atoms with Crippen LogP contribution in [0.15, 0.2) is 36.7 Å². The van der Waals surface area contributed by atoms with E-state index in [1.165, 1.54) is 6.07 Å². The largest absolute Gasteiger partial charge is 0.371 e. The molecule has 0 spiro atoms. The predicted octanol–water partition coefficient (Wildman–Crippen LogP) is 3.41.